The van der Waals surface area contributed by atoms with E-state index >= 15 is 0 Å². The Morgan fingerprint density at radius 3 is 2.48 bits per heavy atom. The van der Waals surface area contributed by atoms with E-state index in [9.17, 15) is 9.18 Å². The first-order valence-corrected chi connectivity index (χ1v) is 8.22. The van der Waals surface area contributed by atoms with Crippen molar-refractivity contribution in [2.24, 2.45) is 5.41 Å². The van der Waals surface area contributed by atoms with Gasteiger partial charge in [0.15, 0.2) is 0 Å². The summed E-state index contributed by atoms with van der Waals surface area (Å²) in [6, 6.07) is 4.85. The van der Waals surface area contributed by atoms with Gasteiger partial charge in [0.05, 0.1) is 4.47 Å². The first kappa shape index (κ1) is 18.1. The molecule has 0 saturated carbocycles. The van der Waals surface area contributed by atoms with E-state index in [0.29, 0.717) is 10.9 Å². The second-order valence-electron chi connectivity index (χ2n) is 6.74. The maximum absolute atomic E-state index is 13.4. The monoisotopic (exact) mass is 357 g/mol. The predicted molar refractivity (Wildman–Crippen MR) is 90.0 cm³/mol. The Hall–Kier alpha value is -0.900. The Kier molecular flexibility index (Phi) is 6.39. The van der Waals surface area contributed by atoms with Gasteiger partial charge in [-0.25, -0.2) is 4.39 Å². The molecule has 21 heavy (non-hydrogen) atoms. The van der Waals surface area contributed by atoms with Crippen molar-refractivity contribution in [2.45, 2.75) is 59.9 Å². The van der Waals surface area contributed by atoms with E-state index < -0.39 is 0 Å². The minimum Gasteiger partial charge on any atom is -0.310 e. The molecule has 4 heteroatoms. The van der Waals surface area contributed by atoms with Crippen molar-refractivity contribution in [3.05, 3.63) is 28.5 Å². The number of carbonyl (C=O) groups is 1. The molecule has 0 aliphatic heterocycles. The van der Waals surface area contributed by atoms with Gasteiger partial charge in [-0.3, -0.25) is 4.79 Å². The minimum absolute atomic E-state index is 0.0709. The van der Waals surface area contributed by atoms with Crippen molar-refractivity contribution in [3.8, 4) is 0 Å². The van der Waals surface area contributed by atoms with Crippen molar-refractivity contribution in [1.82, 2.24) is 0 Å². The zero-order valence-corrected chi connectivity index (χ0v) is 15.1. The number of carbonyl (C=O) groups excluding carboxylic acids is 1. The van der Waals surface area contributed by atoms with Gasteiger partial charge in [-0.2, -0.15) is 0 Å². The summed E-state index contributed by atoms with van der Waals surface area (Å²) in [5, 5.41) is 0. The van der Waals surface area contributed by atoms with Crippen LogP contribution >= 0.6 is 15.9 Å². The molecule has 1 aromatic carbocycles. The average molecular weight is 358 g/mol. The van der Waals surface area contributed by atoms with Gasteiger partial charge in [0.25, 0.3) is 0 Å². The number of anilines is 1. The largest absolute Gasteiger partial charge is 0.310 e. The van der Waals surface area contributed by atoms with E-state index in [1.165, 1.54) is 6.07 Å². The molecule has 0 fully saturated rings. The molecule has 1 rings (SSSR count). The van der Waals surface area contributed by atoms with Crippen molar-refractivity contribution < 1.29 is 9.18 Å². The average Bonchev–Trinajstić information content (AvgIpc) is 2.32. The molecule has 1 aromatic rings. The van der Waals surface area contributed by atoms with Gasteiger partial charge in [-0.15, -0.1) is 0 Å². The summed E-state index contributed by atoms with van der Waals surface area (Å²) in [6.45, 7) is 10.3. The predicted octanol–water partition coefficient (Wildman–Crippen LogP) is 5.55. The van der Waals surface area contributed by atoms with Gasteiger partial charge >= 0.3 is 0 Å². The lowest BCUT2D eigenvalue weighted by atomic mass is 9.91. The summed E-state index contributed by atoms with van der Waals surface area (Å²) in [5.41, 5.74) is 0.678. The van der Waals surface area contributed by atoms with Crippen LogP contribution in [0.2, 0.25) is 0 Å². The van der Waals surface area contributed by atoms with Crippen LogP contribution in [-0.4, -0.2) is 11.9 Å². The molecular weight excluding hydrogens is 333 g/mol. The van der Waals surface area contributed by atoms with E-state index in [1.54, 1.807) is 17.0 Å². The third kappa shape index (κ3) is 5.42. The van der Waals surface area contributed by atoms with Crippen LogP contribution in [0.15, 0.2) is 22.7 Å². The van der Waals surface area contributed by atoms with Crippen LogP contribution in [0.1, 0.15) is 53.9 Å². The number of rotatable bonds is 5. The van der Waals surface area contributed by atoms with Crippen LogP contribution in [0.25, 0.3) is 0 Å². The Morgan fingerprint density at radius 2 is 2.00 bits per heavy atom. The topological polar surface area (TPSA) is 20.3 Å². The second-order valence-corrected chi connectivity index (χ2v) is 7.59. The molecule has 0 radical (unpaired) electrons. The molecule has 118 valence electrons. The summed E-state index contributed by atoms with van der Waals surface area (Å²) in [6.07, 6.45) is 2.39. The van der Waals surface area contributed by atoms with E-state index in [0.717, 1.165) is 18.5 Å². The molecule has 0 aliphatic rings. The smallest absolute Gasteiger partial charge is 0.227 e. The van der Waals surface area contributed by atoms with Gasteiger partial charge < -0.3 is 4.90 Å². The fraction of sp³-hybridized carbons (Fsp3) is 0.588. The van der Waals surface area contributed by atoms with Crippen molar-refractivity contribution >= 4 is 27.5 Å². The van der Waals surface area contributed by atoms with Crippen molar-refractivity contribution in [3.63, 3.8) is 0 Å². The number of nitrogens with zero attached hydrogens (tertiary/aromatic N) is 1. The maximum atomic E-state index is 13.4. The second kappa shape index (κ2) is 7.39. The molecule has 1 atom stereocenters. The first-order chi connectivity index (χ1) is 9.65. The minimum atomic E-state index is -0.315. The highest BCUT2D eigenvalue weighted by Gasteiger charge is 2.26. The van der Waals surface area contributed by atoms with Crippen LogP contribution in [0.3, 0.4) is 0 Å². The summed E-state index contributed by atoms with van der Waals surface area (Å²) < 4.78 is 13.8. The summed E-state index contributed by atoms with van der Waals surface area (Å²) in [4.78, 5) is 14.5. The Labute approximate surface area is 135 Å². The SMILES string of the molecule is CCCC(C)N(C(=O)CC(C)(C)C)c1ccc(F)c(Br)c1. The van der Waals surface area contributed by atoms with Gasteiger partial charge in [0, 0.05) is 18.2 Å². The third-order valence-corrected chi connectivity index (χ3v) is 3.89. The standard InChI is InChI=1S/C17H25BrFNO/c1-6-7-12(2)20(16(21)11-17(3,4)5)13-8-9-15(19)14(18)10-13/h8-10,12H,6-7,11H2,1-5H3. The molecule has 0 aliphatic carbocycles. The quantitative estimate of drug-likeness (QED) is 0.676. The highest BCUT2D eigenvalue weighted by molar-refractivity contribution is 9.10. The molecule has 0 N–H and O–H groups in total. The van der Waals surface area contributed by atoms with Crippen LogP contribution in [0, 0.1) is 11.2 Å². The fourth-order valence-electron chi connectivity index (χ4n) is 2.36. The maximum Gasteiger partial charge on any atom is 0.227 e. The van der Waals surface area contributed by atoms with Gasteiger partial charge in [0.1, 0.15) is 5.82 Å². The number of amides is 1. The zero-order valence-electron chi connectivity index (χ0n) is 13.5. The molecule has 0 spiro atoms. The normalized spacial score (nSPS) is 13.1. The fourth-order valence-corrected chi connectivity index (χ4v) is 2.73. The Balaban J connectivity index is 3.12. The first-order valence-electron chi connectivity index (χ1n) is 7.43. The van der Waals surface area contributed by atoms with Crippen LogP contribution in [0.4, 0.5) is 10.1 Å². The van der Waals surface area contributed by atoms with Gasteiger partial charge in [-0.05, 0) is 52.9 Å². The molecule has 0 saturated heterocycles. The number of hydrogen-bond acceptors (Lipinski definition) is 1. The molecule has 0 heterocycles. The van der Waals surface area contributed by atoms with Gasteiger partial charge in [-0.1, -0.05) is 34.1 Å². The molecule has 0 bridgehead atoms. The summed E-state index contributed by atoms with van der Waals surface area (Å²) >= 11 is 3.20. The number of hydrogen-bond donors (Lipinski definition) is 0. The van der Waals surface area contributed by atoms with Crippen molar-refractivity contribution in [2.75, 3.05) is 4.90 Å². The Bertz CT molecular complexity index is 496. The van der Waals surface area contributed by atoms with E-state index in [1.807, 2.05) is 27.7 Å². The van der Waals surface area contributed by atoms with E-state index in [2.05, 4.69) is 22.9 Å². The summed E-state index contributed by atoms with van der Waals surface area (Å²) in [7, 11) is 0. The van der Waals surface area contributed by atoms with Crippen LogP contribution in [-0.2, 0) is 4.79 Å². The highest BCUT2D eigenvalue weighted by atomic mass is 79.9. The lowest BCUT2D eigenvalue weighted by Crippen LogP contribution is -2.40. The summed E-state index contributed by atoms with van der Waals surface area (Å²) in [5.74, 6) is -0.230. The van der Waals surface area contributed by atoms with Gasteiger partial charge in [0.2, 0.25) is 5.91 Å². The van der Waals surface area contributed by atoms with Crippen LogP contribution in [0.5, 0.6) is 0 Å². The van der Waals surface area contributed by atoms with Crippen LogP contribution < -0.4 is 4.90 Å². The molecule has 1 amide bonds. The molecule has 1 unspecified atom stereocenters. The van der Waals surface area contributed by atoms with E-state index in [4.69, 9.17) is 0 Å². The number of halogens is 2. The zero-order chi connectivity index (χ0) is 16.2. The lowest BCUT2D eigenvalue weighted by molar-refractivity contribution is -0.120. The highest BCUT2D eigenvalue weighted by Crippen LogP contribution is 2.29. The lowest BCUT2D eigenvalue weighted by Gasteiger charge is -2.32. The van der Waals surface area contributed by atoms with E-state index in [-0.39, 0.29) is 23.2 Å². The molecule has 2 nitrogen and oxygen atoms in total. The molecule has 0 aromatic heterocycles. The van der Waals surface area contributed by atoms with Crippen molar-refractivity contribution in [1.29, 1.82) is 0 Å². The number of benzene rings is 1. The third-order valence-electron chi connectivity index (χ3n) is 3.28. The Morgan fingerprint density at radius 1 is 1.38 bits per heavy atom. The molecular formula is C17H25BrFNO.